The fourth-order valence-electron chi connectivity index (χ4n) is 3.39. The van der Waals surface area contributed by atoms with Crippen molar-refractivity contribution in [3.05, 3.63) is 42.0 Å². The maximum absolute atomic E-state index is 12.4. The van der Waals surface area contributed by atoms with Gasteiger partial charge < -0.3 is 14.8 Å². The van der Waals surface area contributed by atoms with Gasteiger partial charge in [-0.3, -0.25) is 9.59 Å². The average Bonchev–Trinajstić information content (AvgIpc) is 3.29. The first-order chi connectivity index (χ1) is 11.7. The Morgan fingerprint density at radius 2 is 2.08 bits per heavy atom. The molecule has 2 aliphatic rings. The summed E-state index contributed by atoms with van der Waals surface area (Å²) in [6, 6.07) is 9.46. The van der Waals surface area contributed by atoms with Gasteiger partial charge in [0.2, 0.25) is 11.8 Å². The quantitative estimate of drug-likeness (QED) is 0.905. The Morgan fingerprint density at radius 1 is 1.25 bits per heavy atom. The van der Waals surface area contributed by atoms with Crippen LogP contribution in [0.2, 0.25) is 0 Å². The van der Waals surface area contributed by atoms with E-state index < -0.39 is 0 Å². The molecule has 0 spiro atoms. The van der Waals surface area contributed by atoms with Crippen LogP contribution in [0.1, 0.15) is 24.5 Å². The Kier molecular flexibility index (Phi) is 3.76. The number of aromatic nitrogens is 3. The molecule has 24 heavy (non-hydrogen) atoms. The first-order valence-electron chi connectivity index (χ1n) is 8.26. The van der Waals surface area contributed by atoms with E-state index in [9.17, 15) is 9.59 Å². The van der Waals surface area contributed by atoms with Gasteiger partial charge in [-0.15, -0.1) is 10.2 Å². The number of benzene rings is 1. The SMILES string of the molecule is O=C(NCc1nnc2n1CCC2)[C@@H]1CC(=O)N(c2ccccc2)C1. The number of hydrogen-bond donors (Lipinski definition) is 1. The van der Waals surface area contributed by atoms with E-state index in [0.717, 1.165) is 36.7 Å². The van der Waals surface area contributed by atoms with Crippen LogP contribution in [-0.4, -0.2) is 33.1 Å². The van der Waals surface area contributed by atoms with Crippen LogP contribution in [0.4, 0.5) is 5.69 Å². The fraction of sp³-hybridized carbons (Fsp3) is 0.412. The number of para-hydroxylation sites is 1. The zero-order valence-corrected chi connectivity index (χ0v) is 13.3. The number of hydrogen-bond acceptors (Lipinski definition) is 4. The van der Waals surface area contributed by atoms with Gasteiger partial charge in [-0.1, -0.05) is 18.2 Å². The van der Waals surface area contributed by atoms with Crippen LogP contribution in [-0.2, 0) is 29.1 Å². The number of aryl methyl sites for hydroxylation is 1. The highest BCUT2D eigenvalue weighted by Crippen LogP contribution is 2.25. The van der Waals surface area contributed by atoms with E-state index >= 15 is 0 Å². The third-order valence-electron chi connectivity index (χ3n) is 4.67. The number of amides is 2. The molecule has 1 aromatic heterocycles. The summed E-state index contributed by atoms with van der Waals surface area (Å²) in [4.78, 5) is 26.3. The van der Waals surface area contributed by atoms with Crippen LogP contribution in [0.3, 0.4) is 0 Å². The van der Waals surface area contributed by atoms with Gasteiger partial charge >= 0.3 is 0 Å². The normalized spacial score (nSPS) is 19.6. The molecule has 0 aliphatic carbocycles. The Morgan fingerprint density at radius 3 is 2.92 bits per heavy atom. The Balaban J connectivity index is 1.38. The van der Waals surface area contributed by atoms with Crippen LogP contribution >= 0.6 is 0 Å². The van der Waals surface area contributed by atoms with Gasteiger partial charge in [-0.05, 0) is 18.6 Å². The highest BCUT2D eigenvalue weighted by molar-refractivity contribution is 6.00. The minimum atomic E-state index is -0.321. The van der Waals surface area contributed by atoms with Gasteiger partial charge in [0.25, 0.3) is 0 Å². The summed E-state index contributed by atoms with van der Waals surface area (Å²) in [5.74, 6) is 1.35. The molecule has 7 nitrogen and oxygen atoms in total. The first-order valence-corrected chi connectivity index (χ1v) is 8.26. The second-order valence-corrected chi connectivity index (χ2v) is 6.25. The van der Waals surface area contributed by atoms with Crippen molar-refractivity contribution in [3.63, 3.8) is 0 Å². The summed E-state index contributed by atoms with van der Waals surface area (Å²) in [5.41, 5.74) is 0.841. The summed E-state index contributed by atoms with van der Waals surface area (Å²) < 4.78 is 2.07. The smallest absolute Gasteiger partial charge is 0.227 e. The highest BCUT2D eigenvalue weighted by Gasteiger charge is 2.35. The first kappa shape index (κ1) is 14.9. The lowest BCUT2D eigenvalue weighted by molar-refractivity contribution is -0.126. The van der Waals surface area contributed by atoms with Gasteiger partial charge in [0.1, 0.15) is 5.82 Å². The summed E-state index contributed by atoms with van der Waals surface area (Å²) in [6.07, 6.45) is 2.28. The zero-order chi connectivity index (χ0) is 16.5. The Labute approximate surface area is 139 Å². The molecule has 1 saturated heterocycles. The molecule has 3 heterocycles. The topological polar surface area (TPSA) is 80.1 Å². The van der Waals surface area contributed by atoms with Crippen molar-refractivity contribution in [1.82, 2.24) is 20.1 Å². The minimum Gasteiger partial charge on any atom is -0.348 e. The molecule has 7 heteroatoms. The van der Waals surface area contributed by atoms with Crippen molar-refractivity contribution in [2.45, 2.75) is 32.4 Å². The van der Waals surface area contributed by atoms with Crippen LogP contribution in [0.15, 0.2) is 30.3 Å². The molecule has 1 N–H and O–H groups in total. The van der Waals surface area contributed by atoms with Gasteiger partial charge in [-0.2, -0.15) is 0 Å². The number of carbonyl (C=O) groups is 2. The standard InChI is InChI=1S/C17H19N5O2/c23-16-9-12(11-22(16)13-5-2-1-3-6-13)17(24)18-10-15-20-19-14-7-4-8-21(14)15/h1-3,5-6,12H,4,7-11H2,(H,18,24)/t12-/m1/s1. The minimum absolute atomic E-state index is 0.00952. The molecule has 4 rings (SSSR count). The summed E-state index contributed by atoms with van der Waals surface area (Å²) in [7, 11) is 0. The molecule has 0 unspecified atom stereocenters. The molecular weight excluding hydrogens is 306 g/mol. The summed E-state index contributed by atoms with van der Waals surface area (Å²) in [6.45, 7) is 1.70. The van der Waals surface area contributed by atoms with Gasteiger partial charge in [0.05, 0.1) is 12.5 Å². The Hall–Kier alpha value is -2.70. The van der Waals surface area contributed by atoms with E-state index in [1.807, 2.05) is 30.3 Å². The predicted molar refractivity (Wildman–Crippen MR) is 87.1 cm³/mol. The molecule has 2 aromatic rings. The lowest BCUT2D eigenvalue weighted by Gasteiger charge is -2.16. The van der Waals surface area contributed by atoms with E-state index in [1.165, 1.54) is 0 Å². The molecule has 1 atom stereocenters. The van der Waals surface area contributed by atoms with Crippen molar-refractivity contribution in [2.75, 3.05) is 11.4 Å². The molecule has 2 aliphatic heterocycles. The summed E-state index contributed by atoms with van der Waals surface area (Å²) in [5, 5.41) is 11.2. The number of carbonyl (C=O) groups excluding carboxylic acids is 2. The summed E-state index contributed by atoms with van der Waals surface area (Å²) >= 11 is 0. The van der Waals surface area contributed by atoms with Crippen LogP contribution in [0, 0.1) is 5.92 Å². The lowest BCUT2D eigenvalue weighted by Crippen LogP contribution is -2.33. The molecule has 124 valence electrons. The molecule has 0 radical (unpaired) electrons. The number of nitrogens with zero attached hydrogens (tertiary/aromatic N) is 4. The van der Waals surface area contributed by atoms with Gasteiger partial charge in [-0.25, -0.2) is 0 Å². The monoisotopic (exact) mass is 325 g/mol. The van der Waals surface area contributed by atoms with E-state index in [1.54, 1.807) is 4.90 Å². The number of fused-ring (bicyclic) bond motifs is 1. The molecule has 0 bridgehead atoms. The third-order valence-corrected chi connectivity index (χ3v) is 4.67. The van der Waals surface area contributed by atoms with E-state index in [2.05, 4.69) is 20.1 Å². The number of rotatable bonds is 4. The Bertz CT molecular complexity index is 771. The van der Waals surface area contributed by atoms with Crippen molar-refractivity contribution in [2.24, 2.45) is 5.92 Å². The van der Waals surface area contributed by atoms with Crippen molar-refractivity contribution in [3.8, 4) is 0 Å². The average molecular weight is 325 g/mol. The maximum atomic E-state index is 12.4. The predicted octanol–water partition coefficient (Wildman–Crippen LogP) is 0.894. The van der Waals surface area contributed by atoms with Crippen molar-refractivity contribution >= 4 is 17.5 Å². The number of anilines is 1. The van der Waals surface area contributed by atoms with Gasteiger partial charge in [0, 0.05) is 31.6 Å². The highest BCUT2D eigenvalue weighted by atomic mass is 16.2. The molecule has 1 aromatic carbocycles. The third kappa shape index (κ3) is 2.66. The van der Waals surface area contributed by atoms with Crippen LogP contribution in [0.25, 0.3) is 0 Å². The fourth-order valence-corrected chi connectivity index (χ4v) is 3.39. The van der Waals surface area contributed by atoms with Gasteiger partial charge in [0.15, 0.2) is 5.82 Å². The molecule has 2 amide bonds. The van der Waals surface area contributed by atoms with E-state index in [0.29, 0.717) is 13.1 Å². The van der Waals surface area contributed by atoms with Crippen molar-refractivity contribution in [1.29, 1.82) is 0 Å². The maximum Gasteiger partial charge on any atom is 0.227 e. The largest absolute Gasteiger partial charge is 0.348 e. The second-order valence-electron chi connectivity index (χ2n) is 6.25. The van der Waals surface area contributed by atoms with Crippen molar-refractivity contribution < 1.29 is 9.59 Å². The van der Waals surface area contributed by atoms with E-state index in [-0.39, 0.29) is 24.2 Å². The molecule has 0 saturated carbocycles. The van der Waals surface area contributed by atoms with E-state index in [4.69, 9.17) is 0 Å². The second kappa shape index (κ2) is 6.07. The van der Waals surface area contributed by atoms with Crippen LogP contribution < -0.4 is 10.2 Å². The van der Waals surface area contributed by atoms with Crippen LogP contribution in [0.5, 0.6) is 0 Å². The lowest BCUT2D eigenvalue weighted by atomic mass is 10.1. The zero-order valence-electron chi connectivity index (χ0n) is 13.3. The number of nitrogens with one attached hydrogen (secondary N) is 1. The molecular formula is C17H19N5O2. The molecule has 1 fully saturated rings.